The van der Waals surface area contributed by atoms with Gasteiger partial charge in [-0.15, -0.1) is 0 Å². The fourth-order valence-corrected chi connectivity index (χ4v) is 3.36. The lowest BCUT2D eigenvalue weighted by atomic mass is 10.1. The third kappa shape index (κ3) is 5.80. The van der Waals surface area contributed by atoms with Crippen LogP contribution < -0.4 is 10.1 Å². The lowest BCUT2D eigenvalue weighted by molar-refractivity contribution is -0.112. The lowest BCUT2D eigenvalue weighted by Gasteiger charge is -2.12. The van der Waals surface area contributed by atoms with Gasteiger partial charge in [-0.05, 0) is 55.8 Å². The van der Waals surface area contributed by atoms with E-state index >= 15 is 0 Å². The zero-order valence-electron chi connectivity index (χ0n) is 17.1. The van der Waals surface area contributed by atoms with Gasteiger partial charge in [0.1, 0.15) is 29.8 Å². The van der Waals surface area contributed by atoms with E-state index in [0.29, 0.717) is 22.6 Å². The minimum Gasteiger partial charge on any atom is -0.488 e. The molecule has 3 aromatic rings. The summed E-state index contributed by atoms with van der Waals surface area (Å²) >= 11 is 3.39. The molecule has 0 aliphatic rings. The van der Waals surface area contributed by atoms with E-state index in [0.717, 1.165) is 15.6 Å². The number of hydrogen-bond donors (Lipinski definition) is 1. The molecule has 6 heteroatoms. The predicted octanol–water partition coefficient (Wildman–Crippen LogP) is 6.33. The highest BCUT2D eigenvalue weighted by Gasteiger charge is 2.13. The van der Waals surface area contributed by atoms with Crippen LogP contribution in [0.1, 0.15) is 22.3 Å². The second-order valence-corrected chi connectivity index (χ2v) is 7.92. The fraction of sp³-hybridized carbons (Fsp3) is 0.120. The Hall–Kier alpha value is -3.43. The number of anilines is 1. The normalized spacial score (nSPS) is 11.0. The molecule has 0 bridgehead atoms. The van der Waals surface area contributed by atoms with Crippen molar-refractivity contribution in [1.29, 1.82) is 5.26 Å². The highest BCUT2D eigenvalue weighted by atomic mass is 79.9. The van der Waals surface area contributed by atoms with Crippen LogP contribution in [0.25, 0.3) is 6.08 Å². The number of halogens is 2. The molecule has 0 aromatic heterocycles. The molecular weight excluding hydrogens is 459 g/mol. The van der Waals surface area contributed by atoms with Gasteiger partial charge in [-0.1, -0.05) is 51.8 Å². The summed E-state index contributed by atoms with van der Waals surface area (Å²) in [6.07, 6.45) is 1.46. The number of carbonyl (C=O) groups excluding carboxylic acids is 1. The van der Waals surface area contributed by atoms with Crippen molar-refractivity contribution in [2.45, 2.75) is 20.5 Å². The van der Waals surface area contributed by atoms with Crippen molar-refractivity contribution in [2.24, 2.45) is 0 Å². The van der Waals surface area contributed by atoms with Crippen molar-refractivity contribution in [2.75, 3.05) is 5.32 Å². The van der Waals surface area contributed by atoms with Crippen molar-refractivity contribution in [3.8, 4) is 11.8 Å². The number of carbonyl (C=O) groups is 1. The molecule has 3 aromatic carbocycles. The molecule has 31 heavy (non-hydrogen) atoms. The SMILES string of the molecule is Cc1ccc(NC(=O)/C(C#N)=C/c2cc(Br)ccc2OCc2ccccc2F)c(C)c1. The van der Waals surface area contributed by atoms with Crippen LogP contribution in [-0.2, 0) is 11.4 Å². The number of nitrogens with one attached hydrogen (secondary N) is 1. The van der Waals surface area contributed by atoms with E-state index in [1.165, 1.54) is 12.1 Å². The number of ether oxygens (including phenoxy) is 1. The van der Waals surface area contributed by atoms with Gasteiger partial charge in [-0.25, -0.2) is 4.39 Å². The number of nitriles is 1. The Morgan fingerprint density at radius 2 is 1.94 bits per heavy atom. The van der Waals surface area contributed by atoms with Crippen LogP contribution in [0, 0.1) is 31.0 Å². The quantitative estimate of drug-likeness (QED) is 0.332. The molecule has 0 atom stereocenters. The zero-order chi connectivity index (χ0) is 22.4. The van der Waals surface area contributed by atoms with Crippen LogP contribution in [0.4, 0.5) is 10.1 Å². The van der Waals surface area contributed by atoms with Crippen LogP contribution in [-0.4, -0.2) is 5.91 Å². The summed E-state index contributed by atoms with van der Waals surface area (Å²) in [4.78, 5) is 12.7. The van der Waals surface area contributed by atoms with Crippen LogP contribution in [0.5, 0.6) is 5.75 Å². The molecule has 1 amide bonds. The maximum Gasteiger partial charge on any atom is 0.266 e. The van der Waals surface area contributed by atoms with E-state index in [2.05, 4.69) is 21.2 Å². The lowest BCUT2D eigenvalue weighted by Crippen LogP contribution is -2.14. The summed E-state index contributed by atoms with van der Waals surface area (Å²) < 4.78 is 20.4. The van der Waals surface area contributed by atoms with Crippen molar-refractivity contribution >= 4 is 33.6 Å². The van der Waals surface area contributed by atoms with Crippen molar-refractivity contribution in [1.82, 2.24) is 0 Å². The Bertz CT molecular complexity index is 1200. The molecule has 0 aliphatic heterocycles. The van der Waals surface area contributed by atoms with Gasteiger partial charge in [0, 0.05) is 21.3 Å². The molecule has 3 rings (SSSR count). The monoisotopic (exact) mass is 478 g/mol. The minimum atomic E-state index is -0.519. The van der Waals surface area contributed by atoms with Gasteiger partial charge in [0.15, 0.2) is 0 Å². The second-order valence-electron chi connectivity index (χ2n) is 7.00. The zero-order valence-corrected chi connectivity index (χ0v) is 18.7. The van der Waals surface area contributed by atoms with E-state index < -0.39 is 5.91 Å². The van der Waals surface area contributed by atoms with E-state index in [-0.39, 0.29) is 18.0 Å². The Kier molecular flexibility index (Phi) is 7.22. The standard InChI is InChI=1S/C25H20BrFN2O2/c1-16-7-9-23(17(2)11-16)29-25(30)20(14-28)12-19-13-21(26)8-10-24(19)31-15-18-5-3-4-6-22(18)27/h3-13H,15H2,1-2H3,(H,29,30)/b20-12+. The molecule has 0 saturated carbocycles. The summed E-state index contributed by atoms with van der Waals surface area (Å²) in [5, 5.41) is 12.3. The Labute approximate surface area is 189 Å². The fourth-order valence-electron chi connectivity index (χ4n) is 2.98. The minimum absolute atomic E-state index is 0.0196. The maximum absolute atomic E-state index is 13.9. The molecule has 1 N–H and O–H groups in total. The van der Waals surface area contributed by atoms with Crippen LogP contribution >= 0.6 is 15.9 Å². The van der Waals surface area contributed by atoms with Gasteiger partial charge < -0.3 is 10.1 Å². The average Bonchev–Trinajstić information content (AvgIpc) is 2.74. The van der Waals surface area contributed by atoms with Gasteiger partial charge in [-0.2, -0.15) is 5.26 Å². The smallest absolute Gasteiger partial charge is 0.266 e. The molecular formula is C25H20BrFN2O2. The molecule has 0 spiro atoms. The van der Waals surface area contributed by atoms with Gasteiger partial charge in [-0.3, -0.25) is 4.79 Å². The van der Waals surface area contributed by atoms with Crippen LogP contribution in [0.2, 0.25) is 0 Å². The van der Waals surface area contributed by atoms with E-state index in [1.54, 1.807) is 42.5 Å². The number of hydrogen-bond acceptors (Lipinski definition) is 3. The van der Waals surface area contributed by atoms with Crippen LogP contribution in [0.3, 0.4) is 0 Å². The Balaban J connectivity index is 1.85. The first-order chi connectivity index (χ1) is 14.9. The summed E-state index contributed by atoms with van der Waals surface area (Å²) in [5.41, 5.74) is 3.49. The first kappa shape index (κ1) is 22.3. The van der Waals surface area contributed by atoms with Crippen LogP contribution in [0.15, 0.2) is 70.7 Å². The highest BCUT2D eigenvalue weighted by molar-refractivity contribution is 9.10. The van der Waals surface area contributed by atoms with Gasteiger partial charge in [0.25, 0.3) is 5.91 Å². The molecule has 0 heterocycles. The predicted molar refractivity (Wildman–Crippen MR) is 123 cm³/mol. The summed E-state index contributed by atoms with van der Waals surface area (Å²) in [6.45, 7) is 3.88. The largest absolute Gasteiger partial charge is 0.488 e. The molecule has 0 radical (unpaired) electrons. The number of benzene rings is 3. The topological polar surface area (TPSA) is 62.1 Å². The Morgan fingerprint density at radius 1 is 1.16 bits per heavy atom. The Morgan fingerprint density at radius 3 is 2.65 bits per heavy atom. The summed E-state index contributed by atoms with van der Waals surface area (Å²) in [5.74, 6) is -0.449. The number of rotatable bonds is 6. The molecule has 0 unspecified atom stereocenters. The molecule has 4 nitrogen and oxygen atoms in total. The highest BCUT2D eigenvalue weighted by Crippen LogP contribution is 2.27. The third-order valence-electron chi connectivity index (χ3n) is 4.61. The van der Waals surface area contributed by atoms with E-state index in [4.69, 9.17) is 4.74 Å². The maximum atomic E-state index is 13.9. The molecule has 0 saturated heterocycles. The van der Waals surface area contributed by atoms with Gasteiger partial charge in [0.2, 0.25) is 0 Å². The molecule has 0 aliphatic carbocycles. The van der Waals surface area contributed by atoms with Crippen molar-refractivity contribution in [3.05, 3.63) is 98.8 Å². The summed E-state index contributed by atoms with van der Waals surface area (Å²) in [7, 11) is 0. The first-order valence-electron chi connectivity index (χ1n) is 9.53. The van der Waals surface area contributed by atoms with Gasteiger partial charge in [0.05, 0.1) is 0 Å². The summed E-state index contributed by atoms with van der Waals surface area (Å²) in [6, 6.07) is 19.2. The molecule has 0 fully saturated rings. The van der Waals surface area contributed by atoms with Gasteiger partial charge >= 0.3 is 0 Å². The first-order valence-corrected chi connectivity index (χ1v) is 10.3. The van der Waals surface area contributed by atoms with E-state index in [1.807, 2.05) is 32.0 Å². The number of aryl methyl sites for hydroxylation is 2. The van der Waals surface area contributed by atoms with E-state index in [9.17, 15) is 14.4 Å². The number of nitrogens with zero attached hydrogens (tertiary/aromatic N) is 1. The average molecular weight is 479 g/mol. The van der Waals surface area contributed by atoms with Crippen molar-refractivity contribution < 1.29 is 13.9 Å². The molecule has 156 valence electrons. The van der Waals surface area contributed by atoms with Crippen molar-refractivity contribution in [3.63, 3.8) is 0 Å². The third-order valence-corrected chi connectivity index (χ3v) is 5.10. The number of amides is 1. The second kappa shape index (κ2) is 10.1.